The van der Waals surface area contributed by atoms with Crippen molar-refractivity contribution < 1.29 is 9.18 Å². The van der Waals surface area contributed by atoms with E-state index in [1.165, 1.54) is 24.3 Å². The number of rotatable bonds is 3. The summed E-state index contributed by atoms with van der Waals surface area (Å²) in [5.41, 5.74) is 5.55. The molecule has 0 saturated heterocycles. The summed E-state index contributed by atoms with van der Waals surface area (Å²) in [4.78, 5) is 26.9. The van der Waals surface area contributed by atoms with Gasteiger partial charge in [-0.05, 0) is 31.0 Å². The predicted molar refractivity (Wildman–Crippen MR) is 89.5 cm³/mol. The lowest BCUT2D eigenvalue weighted by molar-refractivity contribution is 0.0904. The van der Waals surface area contributed by atoms with Gasteiger partial charge in [0, 0.05) is 18.0 Å². The molecule has 1 fully saturated rings. The molecule has 5 nitrogen and oxygen atoms in total. The van der Waals surface area contributed by atoms with Crippen molar-refractivity contribution in [2.45, 2.75) is 31.2 Å². The van der Waals surface area contributed by atoms with Crippen LogP contribution in [0.1, 0.15) is 36.0 Å². The number of halogens is 2. The second-order valence-electron chi connectivity index (χ2n) is 5.88. The van der Waals surface area contributed by atoms with Crippen LogP contribution in [-0.2, 0) is 0 Å². The zero-order chi connectivity index (χ0) is 15.7. The number of H-pyrrole nitrogens is 1. The van der Waals surface area contributed by atoms with E-state index < -0.39 is 16.9 Å². The number of pyridine rings is 1. The number of carbonyl (C=O) groups excluding carboxylic acids is 1. The molecule has 1 saturated carbocycles. The van der Waals surface area contributed by atoms with Crippen molar-refractivity contribution in [3.8, 4) is 0 Å². The summed E-state index contributed by atoms with van der Waals surface area (Å²) in [7, 11) is 0. The Kier molecular flexibility index (Phi) is 5.06. The Morgan fingerprint density at radius 1 is 1.30 bits per heavy atom. The number of benzene rings is 1. The SMILES string of the molecule is Cl.NCC1(NC(=O)c2cc(=O)[nH]c3cc(F)ccc23)CCCC1. The first-order chi connectivity index (χ1) is 10.5. The van der Waals surface area contributed by atoms with Crippen LogP contribution in [0.15, 0.2) is 29.1 Å². The van der Waals surface area contributed by atoms with E-state index in [2.05, 4.69) is 10.3 Å². The van der Waals surface area contributed by atoms with Crippen molar-refractivity contribution in [1.82, 2.24) is 10.3 Å². The van der Waals surface area contributed by atoms with Gasteiger partial charge in [0.25, 0.3) is 5.91 Å². The predicted octanol–water partition coefficient (Wildman–Crippen LogP) is 2.09. The first-order valence-electron chi connectivity index (χ1n) is 7.38. The highest BCUT2D eigenvalue weighted by Crippen LogP contribution is 2.29. The van der Waals surface area contributed by atoms with Crippen LogP contribution in [0.2, 0.25) is 0 Å². The van der Waals surface area contributed by atoms with Gasteiger partial charge in [-0.25, -0.2) is 4.39 Å². The number of amides is 1. The molecule has 0 atom stereocenters. The molecule has 124 valence electrons. The van der Waals surface area contributed by atoms with Crippen LogP contribution in [0.3, 0.4) is 0 Å². The number of aromatic nitrogens is 1. The molecule has 3 rings (SSSR count). The Morgan fingerprint density at radius 2 is 2.00 bits per heavy atom. The molecule has 1 aliphatic rings. The minimum atomic E-state index is -0.463. The molecule has 0 spiro atoms. The maximum atomic E-state index is 13.3. The van der Waals surface area contributed by atoms with Crippen LogP contribution in [0, 0.1) is 5.82 Å². The van der Waals surface area contributed by atoms with Gasteiger partial charge in [0.05, 0.1) is 16.6 Å². The van der Waals surface area contributed by atoms with E-state index in [1.54, 1.807) is 0 Å². The van der Waals surface area contributed by atoms with Crippen LogP contribution >= 0.6 is 12.4 Å². The molecule has 1 amide bonds. The molecule has 0 unspecified atom stereocenters. The van der Waals surface area contributed by atoms with Gasteiger partial charge in [-0.2, -0.15) is 0 Å². The first kappa shape index (κ1) is 17.4. The molecule has 4 N–H and O–H groups in total. The Morgan fingerprint density at radius 3 is 2.65 bits per heavy atom. The molecular weight excluding hydrogens is 321 g/mol. The fourth-order valence-electron chi connectivity index (χ4n) is 3.16. The van der Waals surface area contributed by atoms with Crippen LogP contribution in [-0.4, -0.2) is 23.0 Å². The monoisotopic (exact) mass is 339 g/mol. The van der Waals surface area contributed by atoms with Gasteiger partial charge >= 0.3 is 0 Å². The van der Waals surface area contributed by atoms with E-state index in [0.717, 1.165) is 25.7 Å². The molecule has 0 aliphatic heterocycles. The zero-order valence-electron chi connectivity index (χ0n) is 12.5. The number of fused-ring (bicyclic) bond motifs is 1. The Bertz CT molecular complexity index is 784. The maximum absolute atomic E-state index is 13.3. The van der Waals surface area contributed by atoms with Crippen molar-refractivity contribution >= 4 is 29.2 Å². The van der Waals surface area contributed by atoms with Gasteiger partial charge in [0.1, 0.15) is 5.82 Å². The van der Waals surface area contributed by atoms with Crippen molar-refractivity contribution in [3.63, 3.8) is 0 Å². The lowest BCUT2D eigenvalue weighted by atomic mass is 9.96. The number of carbonyl (C=O) groups is 1. The van der Waals surface area contributed by atoms with E-state index in [9.17, 15) is 14.0 Å². The van der Waals surface area contributed by atoms with E-state index in [4.69, 9.17) is 5.73 Å². The summed E-state index contributed by atoms with van der Waals surface area (Å²) in [5.74, 6) is -0.801. The summed E-state index contributed by atoms with van der Waals surface area (Å²) in [6, 6.07) is 5.22. The van der Waals surface area contributed by atoms with Gasteiger partial charge in [-0.3, -0.25) is 9.59 Å². The van der Waals surface area contributed by atoms with Crippen LogP contribution in [0.4, 0.5) is 4.39 Å². The highest BCUT2D eigenvalue weighted by molar-refractivity contribution is 6.06. The standard InChI is InChI=1S/C16H18FN3O2.ClH/c17-10-3-4-11-12(8-14(21)19-13(11)7-10)15(22)20-16(9-18)5-1-2-6-16;/h3-4,7-8H,1-2,5-6,9,18H2,(H,19,21)(H,20,22);1H. The van der Waals surface area contributed by atoms with Crippen molar-refractivity contribution in [2.75, 3.05) is 6.54 Å². The molecule has 1 aromatic heterocycles. The summed E-state index contributed by atoms with van der Waals surface area (Å²) < 4.78 is 13.3. The van der Waals surface area contributed by atoms with Gasteiger partial charge in [-0.1, -0.05) is 12.8 Å². The van der Waals surface area contributed by atoms with Gasteiger partial charge in [0.15, 0.2) is 0 Å². The van der Waals surface area contributed by atoms with Gasteiger partial charge in [0.2, 0.25) is 5.56 Å². The second kappa shape index (κ2) is 6.68. The Balaban J connectivity index is 0.00000192. The average molecular weight is 340 g/mol. The molecular formula is C16H19ClFN3O2. The third kappa shape index (κ3) is 3.38. The lowest BCUT2D eigenvalue weighted by Gasteiger charge is -2.28. The number of aromatic amines is 1. The summed E-state index contributed by atoms with van der Waals surface area (Å²) >= 11 is 0. The molecule has 1 aromatic carbocycles. The summed E-state index contributed by atoms with van der Waals surface area (Å²) in [6.07, 6.45) is 3.73. The zero-order valence-corrected chi connectivity index (χ0v) is 13.3. The van der Waals surface area contributed by atoms with E-state index in [-0.39, 0.29) is 23.9 Å². The molecule has 0 radical (unpaired) electrons. The molecule has 1 heterocycles. The minimum absolute atomic E-state index is 0. The summed E-state index contributed by atoms with van der Waals surface area (Å²) in [5, 5.41) is 3.50. The van der Waals surface area contributed by atoms with Gasteiger partial charge in [-0.15, -0.1) is 12.4 Å². The third-order valence-electron chi connectivity index (χ3n) is 4.38. The van der Waals surface area contributed by atoms with Crippen LogP contribution < -0.4 is 16.6 Å². The smallest absolute Gasteiger partial charge is 0.252 e. The highest BCUT2D eigenvalue weighted by atomic mass is 35.5. The Labute approximate surface area is 138 Å². The van der Waals surface area contributed by atoms with Crippen LogP contribution in [0.25, 0.3) is 10.9 Å². The number of hydrogen-bond acceptors (Lipinski definition) is 3. The lowest BCUT2D eigenvalue weighted by Crippen LogP contribution is -2.51. The number of nitrogens with one attached hydrogen (secondary N) is 2. The molecule has 7 heteroatoms. The largest absolute Gasteiger partial charge is 0.345 e. The molecule has 2 aromatic rings. The molecule has 1 aliphatic carbocycles. The van der Waals surface area contributed by atoms with Crippen molar-refractivity contribution in [3.05, 3.63) is 46.0 Å². The van der Waals surface area contributed by atoms with Crippen molar-refractivity contribution in [1.29, 1.82) is 0 Å². The first-order valence-corrected chi connectivity index (χ1v) is 7.38. The minimum Gasteiger partial charge on any atom is -0.345 e. The third-order valence-corrected chi connectivity index (χ3v) is 4.38. The molecule has 0 bridgehead atoms. The second-order valence-corrected chi connectivity index (χ2v) is 5.88. The normalized spacial score (nSPS) is 16.1. The summed E-state index contributed by atoms with van der Waals surface area (Å²) in [6.45, 7) is 0.370. The highest BCUT2D eigenvalue weighted by Gasteiger charge is 2.34. The quantitative estimate of drug-likeness (QED) is 0.800. The maximum Gasteiger partial charge on any atom is 0.252 e. The van der Waals surface area contributed by atoms with Gasteiger partial charge < -0.3 is 16.0 Å². The Hall–Kier alpha value is -1.92. The van der Waals surface area contributed by atoms with E-state index in [0.29, 0.717) is 17.4 Å². The van der Waals surface area contributed by atoms with E-state index >= 15 is 0 Å². The fraction of sp³-hybridized carbons (Fsp3) is 0.375. The average Bonchev–Trinajstić information content (AvgIpc) is 2.95. The number of hydrogen-bond donors (Lipinski definition) is 3. The fourth-order valence-corrected chi connectivity index (χ4v) is 3.16. The molecule has 23 heavy (non-hydrogen) atoms. The van der Waals surface area contributed by atoms with Crippen molar-refractivity contribution in [2.24, 2.45) is 5.73 Å². The van der Waals surface area contributed by atoms with Crippen LogP contribution in [0.5, 0.6) is 0 Å². The topological polar surface area (TPSA) is 88.0 Å². The van der Waals surface area contributed by atoms with E-state index in [1.807, 2.05) is 0 Å². The number of nitrogens with two attached hydrogens (primary N) is 1.